The maximum Gasteiger partial charge on any atom is 0.335 e. The first-order valence-corrected chi connectivity index (χ1v) is 7.62. The fraction of sp³-hybridized carbons (Fsp3) is 0.368. The topological polar surface area (TPSA) is 61.8 Å². The molecule has 0 bridgehead atoms. The smallest absolute Gasteiger partial charge is 0.335 e. The molecule has 0 aliphatic carbocycles. The van der Waals surface area contributed by atoms with Crippen LogP contribution in [-0.4, -0.2) is 24.8 Å². The van der Waals surface area contributed by atoms with Crippen LogP contribution in [0.4, 0.5) is 0 Å². The molecule has 0 saturated heterocycles. The van der Waals surface area contributed by atoms with Crippen LogP contribution >= 0.6 is 0 Å². The van der Waals surface area contributed by atoms with Gasteiger partial charge in [0.1, 0.15) is 6.61 Å². The van der Waals surface area contributed by atoms with Crippen LogP contribution in [0.25, 0.3) is 0 Å². The molecular weight excluding hydrogens is 308 g/mol. The molecule has 1 aromatic carbocycles. The molecule has 0 aromatic heterocycles. The summed E-state index contributed by atoms with van der Waals surface area (Å²) >= 11 is 0. The molecule has 132 valence electrons. The maximum absolute atomic E-state index is 11.0. The Hall–Kier alpha value is -2.40. The van der Waals surface area contributed by atoms with E-state index in [0.29, 0.717) is 24.4 Å². The van der Waals surface area contributed by atoms with Gasteiger partial charge in [-0.3, -0.25) is 0 Å². The van der Waals surface area contributed by atoms with E-state index in [-0.39, 0.29) is 5.97 Å². The molecule has 1 unspecified atom stereocenters. The third-order valence-electron chi connectivity index (χ3n) is 2.58. The van der Waals surface area contributed by atoms with Crippen molar-refractivity contribution in [3.8, 4) is 0 Å². The molecule has 24 heavy (non-hydrogen) atoms. The summed E-state index contributed by atoms with van der Waals surface area (Å²) < 4.78 is 14.7. The Bertz CT molecular complexity index is 548. The zero-order valence-corrected chi connectivity index (χ0v) is 14.8. The highest BCUT2D eigenvalue weighted by atomic mass is 16.7. The SMILES string of the molecule is C=C(C)C(=O)OC(C)OCC.C=C(C)C(=O)OCc1ccccc1. The number of rotatable bonds is 7. The van der Waals surface area contributed by atoms with Crippen molar-refractivity contribution in [3.63, 3.8) is 0 Å². The third kappa shape index (κ3) is 10.3. The van der Waals surface area contributed by atoms with Crippen LogP contribution in [0.3, 0.4) is 0 Å². The Labute approximate surface area is 143 Å². The Balaban J connectivity index is 0.000000449. The number of benzene rings is 1. The van der Waals surface area contributed by atoms with Gasteiger partial charge in [0, 0.05) is 17.8 Å². The Morgan fingerprint density at radius 1 is 1.04 bits per heavy atom. The van der Waals surface area contributed by atoms with E-state index < -0.39 is 12.3 Å². The van der Waals surface area contributed by atoms with E-state index >= 15 is 0 Å². The predicted octanol–water partition coefficient (Wildman–Crippen LogP) is 3.79. The summed E-state index contributed by atoms with van der Waals surface area (Å²) in [5.41, 5.74) is 1.80. The molecule has 0 radical (unpaired) electrons. The van der Waals surface area contributed by atoms with Crippen LogP contribution in [0.15, 0.2) is 54.6 Å². The zero-order chi connectivity index (χ0) is 18.5. The Kier molecular flexibility index (Phi) is 10.9. The summed E-state index contributed by atoms with van der Waals surface area (Å²) in [6, 6.07) is 9.55. The van der Waals surface area contributed by atoms with Crippen LogP contribution in [0, 0.1) is 0 Å². The summed E-state index contributed by atoms with van der Waals surface area (Å²) in [7, 11) is 0. The quantitative estimate of drug-likeness (QED) is 0.431. The van der Waals surface area contributed by atoms with Gasteiger partial charge in [-0.05, 0) is 33.3 Å². The molecule has 5 nitrogen and oxygen atoms in total. The van der Waals surface area contributed by atoms with Crippen molar-refractivity contribution < 1.29 is 23.8 Å². The second-order valence-corrected chi connectivity index (χ2v) is 5.05. The summed E-state index contributed by atoms with van der Waals surface area (Å²) in [4.78, 5) is 21.8. The fourth-order valence-electron chi connectivity index (χ4n) is 1.37. The van der Waals surface area contributed by atoms with E-state index in [0.717, 1.165) is 5.56 Å². The molecule has 0 saturated carbocycles. The lowest BCUT2D eigenvalue weighted by molar-refractivity contribution is -0.169. The standard InChI is InChI=1S/C11H12O2.C8H14O3/c1-9(2)11(12)13-8-10-6-4-3-5-7-10;1-5-10-7(4)11-8(9)6(2)3/h3-7H,1,8H2,2H3;7H,2,5H2,1,3-4H3. The monoisotopic (exact) mass is 334 g/mol. The normalized spacial score (nSPS) is 10.7. The fourth-order valence-corrected chi connectivity index (χ4v) is 1.37. The van der Waals surface area contributed by atoms with Crippen LogP contribution in [0.2, 0.25) is 0 Å². The van der Waals surface area contributed by atoms with Crippen LogP contribution < -0.4 is 0 Å². The van der Waals surface area contributed by atoms with Crippen LogP contribution in [0.1, 0.15) is 33.3 Å². The van der Waals surface area contributed by atoms with Crippen molar-refractivity contribution in [2.45, 2.75) is 40.6 Å². The minimum atomic E-state index is -0.482. The summed E-state index contributed by atoms with van der Waals surface area (Å²) in [5, 5.41) is 0. The van der Waals surface area contributed by atoms with E-state index in [4.69, 9.17) is 14.2 Å². The van der Waals surface area contributed by atoms with Crippen LogP contribution in [-0.2, 0) is 30.4 Å². The molecule has 0 N–H and O–H groups in total. The molecule has 1 aromatic rings. The lowest BCUT2D eigenvalue weighted by atomic mass is 10.2. The Morgan fingerprint density at radius 3 is 2.04 bits per heavy atom. The number of carbonyl (C=O) groups is 2. The highest BCUT2D eigenvalue weighted by molar-refractivity contribution is 5.87. The van der Waals surface area contributed by atoms with E-state index in [9.17, 15) is 9.59 Å². The molecule has 0 spiro atoms. The zero-order valence-electron chi connectivity index (χ0n) is 14.8. The molecule has 0 amide bonds. The number of hydrogen-bond acceptors (Lipinski definition) is 5. The van der Waals surface area contributed by atoms with Gasteiger partial charge in [-0.2, -0.15) is 0 Å². The Morgan fingerprint density at radius 2 is 1.58 bits per heavy atom. The van der Waals surface area contributed by atoms with Crippen molar-refractivity contribution in [2.24, 2.45) is 0 Å². The largest absolute Gasteiger partial charge is 0.457 e. The second kappa shape index (κ2) is 12.1. The van der Waals surface area contributed by atoms with E-state index in [2.05, 4.69) is 13.2 Å². The van der Waals surface area contributed by atoms with Gasteiger partial charge in [0.2, 0.25) is 0 Å². The molecule has 0 heterocycles. The summed E-state index contributed by atoms with van der Waals surface area (Å²) in [6.45, 7) is 14.5. The van der Waals surface area contributed by atoms with Crippen molar-refractivity contribution in [1.29, 1.82) is 0 Å². The van der Waals surface area contributed by atoms with Crippen molar-refractivity contribution >= 4 is 11.9 Å². The molecule has 0 aliphatic heterocycles. The third-order valence-corrected chi connectivity index (χ3v) is 2.58. The van der Waals surface area contributed by atoms with Gasteiger partial charge in [0.15, 0.2) is 6.29 Å². The summed E-state index contributed by atoms with van der Waals surface area (Å²) in [6.07, 6.45) is -0.482. The molecule has 5 heteroatoms. The number of ether oxygens (including phenoxy) is 3. The van der Waals surface area contributed by atoms with Gasteiger partial charge in [-0.15, -0.1) is 0 Å². The molecule has 0 fully saturated rings. The van der Waals surface area contributed by atoms with Gasteiger partial charge in [0.05, 0.1) is 0 Å². The van der Waals surface area contributed by atoms with Gasteiger partial charge in [-0.25, -0.2) is 9.59 Å². The van der Waals surface area contributed by atoms with Gasteiger partial charge in [0.25, 0.3) is 0 Å². The van der Waals surface area contributed by atoms with E-state index in [1.54, 1.807) is 20.8 Å². The molecular formula is C19H26O5. The number of carbonyl (C=O) groups excluding carboxylic acids is 2. The predicted molar refractivity (Wildman–Crippen MR) is 93.0 cm³/mol. The van der Waals surface area contributed by atoms with Gasteiger partial charge < -0.3 is 14.2 Å². The van der Waals surface area contributed by atoms with Crippen molar-refractivity contribution in [2.75, 3.05) is 6.61 Å². The van der Waals surface area contributed by atoms with Crippen molar-refractivity contribution in [3.05, 3.63) is 60.2 Å². The first-order valence-electron chi connectivity index (χ1n) is 7.62. The second-order valence-electron chi connectivity index (χ2n) is 5.05. The van der Waals surface area contributed by atoms with Gasteiger partial charge >= 0.3 is 11.9 Å². The first-order chi connectivity index (χ1) is 11.3. The minimum absolute atomic E-state index is 0.312. The first kappa shape index (κ1) is 21.6. The summed E-state index contributed by atoms with van der Waals surface area (Å²) in [5.74, 6) is -0.755. The van der Waals surface area contributed by atoms with Gasteiger partial charge in [-0.1, -0.05) is 43.5 Å². The highest BCUT2D eigenvalue weighted by Crippen LogP contribution is 2.02. The van der Waals surface area contributed by atoms with Crippen molar-refractivity contribution in [1.82, 2.24) is 0 Å². The maximum atomic E-state index is 11.0. The molecule has 1 rings (SSSR count). The molecule has 0 aliphatic rings. The average molecular weight is 334 g/mol. The highest BCUT2D eigenvalue weighted by Gasteiger charge is 2.08. The molecule has 1 atom stereocenters. The van der Waals surface area contributed by atoms with E-state index in [1.165, 1.54) is 0 Å². The van der Waals surface area contributed by atoms with Crippen LogP contribution in [0.5, 0.6) is 0 Å². The average Bonchev–Trinajstić information content (AvgIpc) is 2.54. The number of esters is 2. The van der Waals surface area contributed by atoms with E-state index in [1.807, 2.05) is 37.3 Å². The number of hydrogen-bond donors (Lipinski definition) is 0. The minimum Gasteiger partial charge on any atom is -0.457 e. The lowest BCUT2D eigenvalue weighted by Gasteiger charge is -2.11. The lowest BCUT2D eigenvalue weighted by Crippen LogP contribution is -2.18.